The molecule has 6 heteroatoms. The molecule has 3 N–H and O–H groups in total. The fraction of sp³-hybridized carbons (Fsp3) is 0.0870. The van der Waals surface area contributed by atoms with Crippen LogP contribution in [0.1, 0.15) is 28.7 Å². The van der Waals surface area contributed by atoms with E-state index in [1.165, 1.54) is 0 Å². The monoisotopic (exact) mass is 388 g/mol. The van der Waals surface area contributed by atoms with Crippen LogP contribution in [0.25, 0.3) is 0 Å². The summed E-state index contributed by atoms with van der Waals surface area (Å²) in [6.45, 7) is 0. The highest BCUT2D eigenvalue weighted by atomic mass is 16.5. The lowest BCUT2D eigenvalue weighted by molar-refractivity contribution is -0.156. The number of rotatable bonds is 6. The molecule has 3 aromatic rings. The van der Waals surface area contributed by atoms with Gasteiger partial charge in [0.2, 0.25) is 6.10 Å². The SMILES string of the molecule is NC(=O)NC(=O)[C@@H](OC(=O)C(c1ccccc1)c1ccccc1)c1ccccc1. The van der Waals surface area contributed by atoms with Crippen molar-refractivity contribution in [3.8, 4) is 0 Å². The minimum Gasteiger partial charge on any atom is -0.447 e. The van der Waals surface area contributed by atoms with E-state index in [0.717, 1.165) is 11.1 Å². The summed E-state index contributed by atoms with van der Waals surface area (Å²) in [5.74, 6) is -2.15. The van der Waals surface area contributed by atoms with Crippen molar-refractivity contribution in [3.05, 3.63) is 108 Å². The fourth-order valence-electron chi connectivity index (χ4n) is 3.03. The van der Waals surface area contributed by atoms with Crippen LogP contribution in [0.4, 0.5) is 4.79 Å². The van der Waals surface area contributed by atoms with Crippen LogP contribution in [-0.2, 0) is 14.3 Å². The van der Waals surface area contributed by atoms with Gasteiger partial charge in [-0.15, -0.1) is 0 Å². The molecule has 3 aromatic carbocycles. The lowest BCUT2D eigenvalue weighted by Gasteiger charge is -2.22. The van der Waals surface area contributed by atoms with Gasteiger partial charge in [-0.1, -0.05) is 91.0 Å². The molecule has 3 amide bonds. The fourth-order valence-corrected chi connectivity index (χ4v) is 3.03. The molecule has 0 bridgehead atoms. The lowest BCUT2D eigenvalue weighted by atomic mass is 9.91. The van der Waals surface area contributed by atoms with E-state index in [9.17, 15) is 14.4 Å². The highest BCUT2D eigenvalue weighted by Crippen LogP contribution is 2.29. The van der Waals surface area contributed by atoms with Gasteiger partial charge >= 0.3 is 12.0 Å². The van der Waals surface area contributed by atoms with Crippen molar-refractivity contribution in [2.45, 2.75) is 12.0 Å². The Morgan fingerprint density at radius 2 is 1.10 bits per heavy atom. The first-order valence-corrected chi connectivity index (χ1v) is 9.02. The predicted molar refractivity (Wildman–Crippen MR) is 108 cm³/mol. The topological polar surface area (TPSA) is 98.5 Å². The maximum atomic E-state index is 13.2. The molecular weight excluding hydrogens is 368 g/mol. The van der Waals surface area contributed by atoms with E-state index >= 15 is 0 Å². The number of nitrogens with two attached hydrogens (primary N) is 1. The molecule has 6 nitrogen and oxygen atoms in total. The number of hydrogen-bond acceptors (Lipinski definition) is 4. The van der Waals surface area contributed by atoms with Gasteiger partial charge in [0.1, 0.15) is 5.92 Å². The molecule has 0 unspecified atom stereocenters. The standard InChI is InChI=1S/C23H20N2O4/c24-23(28)25-21(26)20(18-14-8-3-9-15-18)29-22(27)19(16-10-4-1-5-11-16)17-12-6-2-7-13-17/h1-15,19-20H,(H3,24,25,26,28)/t20-/m0/s1. The first kappa shape index (κ1) is 19.8. The van der Waals surface area contributed by atoms with Crippen LogP contribution in [0.2, 0.25) is 0 Å². The molecule has 29 heavy (non-hydrogen) atoms. The summed E-state index contributed by atoms with van der Waals surface area (Å²) in [7, 11) is 0. The van der Waals surface area contributed by atoms with Gasteiger partial charge < -0.3 is 10.5 Å². The Kier molecular flexibility index (Phi) is 6.37. The summed E-state index contributed by atoms with van der Waals surface area (Å²) >= 11 is 0. The third-order valence-electron chi connectivity index (χ3n) is 4.32. The van der Waals surface area contributed by atoms with Crippen molar-refractivity contribution in [3.63, 3.8) is 0 Å². The zero-order chi connectivity index (χ0) is 20.6. The second-order valence-electron chi connectivity index (χ2n) is 6.34. The number of benzene rings is 3. The van der Waals surface area contributed by atoms with Crippen LogP contribution in [0.5, 0.6) is 0 Å². The van der Waals surface area contributed by atoms with E-state index in [1.807, 2.05) is 66.0 Å². The van der Waals surface area contributed by atoms with Crippen LogP contribution < -0.4 is 11.1 Å². The zero-order valence-corrected chi connectivity index (χ0v) is 15.5. The van der Waals surface area contributed by atoms with Gasteiger partial charge in [0.25, 0.3) is 5.91 Å². The second kappa shape index (κ2) is 9.32. The van der Waals surface area contributed by atoms with Crippen molar-refractivity contribution in [1.82, 2.24) is 5.32 Å². The number of urea groups is 1. The van der Waals surface area contributed by atoms with E-state index in [1.54, 1.807) is 30.3 Å². The molecule has 3 rings (SSSR count). The Labute approximate surface area is 168 Å². The van der Waals surface area contributed by atoms with Crippen LogP contribution in [-0.4, -0.2) is 17.9 Å². The molecule has 0 aliphatic carbocycles. The van der Waals surface area contributed by atoms with Gasteiger partial charge in [-0.3, -0.25) is 14.9 Å². The number of primary amides is 1. The van der Waals surface area contributed by atoms with Crippen LogP contribution in [0, 0.1) is 0 Å². The van der Waals surface area contributed by atoms with E-state index in [4.69, 9.17) is 10.5 Å². The molecule has 0 aromatic heterocycles. The Morgan fingerprint density at radius 3 is 1.52 bits per heavy atom. The average molecular weight is 388 g/mol. The summed E-state index contributed by atoms with van der Waals surface area (Å²) in [4.78, 5) is 36.9. The normalized spacial score (nSPS) is 11.5. The molecule has 0 aliphatic heterocycles. The first-order valence-electron chi connectivity index (χ1n) is 9.02. The third-order valence-corrected chi connectivity index (χ3v) is 4.32. The Bertz CT molecular complexity index is 936. The van der Waals surface area contributed by atoms with Crippen molar-refractivity contribution >= 4 is 17.9 Å². The molecule has 0 saturated heterocycles. The summed E-state index contributed by atoms with van der Waals surface area (Å²) in [6, 6.07) is 25.7. The highest BCUT2D eigenvalue weighted by molar-refractivity contribution is 5.97. The molecular formula is C23H20N2O4. The van der Waals surface area contributed by atoms with Crippen molar-refractivity contribution in [2.24, 2.45) is 5.73 Å². The quantitative estimate of drug-likeness (QED) is 0.633. The van der Waals surface area contributed by atoms with Gasteiger partial charge in [-0.2, -0.15) is 0 Å². The average Bonchev–Trinajstić information content (AvgIpc) is 2.74. The molecule has 0 saturated carbocycles. The second-order valence-corrected chi connectivity index (χ2v) is 6.34. The number of ether oxygens (including phenoxy) is 1. The van der Waals surface area contributed by atoms with Gasteiger partial charge in [0.05, 0.1) is 0 Å². The number of carbonyl (C=O) groups is 3. The molecule has 0 radical (unpaired) electrons. The number of carbonyl (C=O) groups excluding carboxylic acids is 3. The summed E-state index contributed by atoms with van der Waals surface area (Å²) in [6.07, 6.45) is -1.31. The molecule has 1 atom stereocenters. The maximum Gasteiger partial charge on any atom is 0.319 e. The number of amides is 3. The van der Waals surface area contributed by atoms with E-state index < -0.39 is 29.9 Å². The van der Waals surface area contributed by atoms with Gasteiger partial charge in [0.15, 0.2) is 0 Å². The molecule has 0 fully saturated rings. The van der Waals surface area contributed by atoms with Gasteiger partial charge in [-0.25, -0.2) is 4.79 Å². The van der Waals surface area contributed by atoms with Crippen LogP contribution in [0.3, 0.4) is 0 Å². The van der Waals surface area contributed by atoms with Gasteiger partial charge in [-0.05, 0) is 11.1 Å². The van der Waals surface area contributed by atoms with Crippen LogP contribution >= 0.6 is 0 Å². The first-order chi connectivity index (χ1) is 14.1. The Balaban J connectivity index is 1.95. The number of esters is 1. The van der Waals surface area contributed by atoms with E-state index in [2.05, 4.69) is 0 Å². The number of imide groups is 1. The summed E-state index contributed by atoms with van der Waals surface area (Å²) in [5.41, 5.74) is 6.96. The van der Waals surface area contributed by atoms with Crippen molar-refractivity contribution < 1.29 is 19.1 Å². The Hall–Kier alpha value is -3.93. The molecule has 0 spiro atoms. The molecule has 0 heterocycles. The van der Waals surface area contributed by atoms with Gasteiger partial charge in [0, 0.05) is 5.56 Å². The maximum absolute atomic E-state index is 13.2. The lowest BCUT2D eigenvalue weighted by Crippen LogP contribution is -2.40. The van der Waals surface area contributed by atoms with E-state index in [0.29, 0.717) is 5.56 Å². The minimum atomic E-state index is -1.31. The Morgan fingerprint density at radius 1 is 0.690 bits per heavy atom. The highest BCUT2D eigenvalue weighted by Gasteiger charge is 2.31. The largest absolute Gasteiger partial charge is 0.447 e. The third kappa shape index (κ3) is 5.07. The van der Waals surface area contributed by atoms with Crippen LogP contribution in [0.15, 0.2) is 91.0 Å². The van der Waals surface area contributed by atoms with Crippen molar-refractivity contribution in [1.29, 1.82) is 0 Å². The smallest absolute Gasteiger partial charge is 0.319 e. The zero-order valence-electron chi connectivity index (χ0n) is 15.5. The molecule has 0 aliphatic rings. The number of nitrogens with one attached hydrogen (secondary N) is 1. The predicted octanol–water partition coefficient (Wildman–Crippen LogP) is 3.30. The van der Waals surface area contributed by atoms with E-state index in [-0.39, 0.29) is 0 Å². The minimum absolute atomic E-state index is 0.430. The summed E-state index contributed by atoms with van der Waals surface area (Å²) in [5, 5.41) is 1.99. The number of hydrogen-bond donors (Lipinski definition) is 2. The summed E-state index contributed by atoms with van der Waals surface area (Å²) < 4.78 is 5.61. The molecule has 146 valence electrons. The van der Waals surface area contributed by atoms with Crippen molar-refractivity contribution in [2.75, 3.05) is 0 Å².